The normalized spacial score (nSPS) is 19.7. The van der Waals surface area contributed by atoms with Crippen molar-refractivity contribution in [2.75, 3.05) is 18.1 Å². The van der Waals surface area contributed by atoms with E-state index >= 15 is 0 Å². The van der Waals surface area contributed by atoms with E-state index in [1.165, 1.54) is 0 Å². The molecule has 1 aliphatic heterocycles. The summed E-state index contributed by atoms with van der Waals surface area (Å²) in [7, 11) is 0. The summed E-state index contributed by atoms with van der Waals surface area (Å²) in [6, 6.07) is 5.82. The number of carbonyl (C=O) groups excluding carboxylic acids is 1. The summed E-state index contributed by atoms with van der Waals surface area (Å²) in [5.41, 5.74) is 3.03. The molecule has 1 heterocycles. The molecule has 0 bridgehead atoms. The number of aryl methyl sites for hydroxylation is 1. The van der Waals surface area contributed by atoms with Gasteiger partial charge in [-0.15, -0.1) is 0 Å². The number of aliphatic hydroxyl groups excluding tert-OH is 1. The maximum atomic E-state index is 12.1. The van der Waals surface area contributed by atoms with E-state index in [2.05, 4.69) is 13.8 Å². The predicted molar refractivity (Wildman–Crippen MR) is 74.6 cm³/mol. The fourth-order valence-electron chi connectivity index (χ4n) is 2.55. The molecule has 1 saturated heterocycles. The van der Waals surface area contributed by atoms with Crippen molar-refractivity contribution in [1.82, 2.24) is 0 Å². The van der Waals surface area contributed by atoms with Crippen molar-refractivity contribution in [3.8, 4) is 0 Å². The van der Waals surface area contributed by atoms with Crippen LogP contribution >= 0.6 is 0 Å². The van der Waals surface area contributed by atoms with Gasteiger partial charge in [0.15, 0.2) is 0 Å². The highest BCUT2D eigenvalue weighted by atomic mass is 16.6. The van der Waals surface area contributed by atoms with Crippen molar-refractivity contribution >= 4 is 11.8 Å². The maximum Gasteiger partial charge on any atom is 0.414 e. The highest BCUT2D eigenvalue weighted by Crippen LogP contribution is 2.34. The minimum atomic E-state index is -0.360. The number of benzene rings is 1. The summed E-state index contributed by atoms with van der Waals surface area (Å²) in [5, 5.41) is 9.51. The van der Waals surface area contributed by atoms with E-state index in [4.69, 9.17) is 4.74 Å². The third kappa shape index (κ3) is 2.59. The summed E-state index contributed by atoms with van der Waals surface area (Å²) < 4.78 is 5.14. The largest absolute Gasteiger partial charge is 0.449 e. The number of nitrogens with zero attached hydrogens (tertiary/aromatic N) is 1. The van der Waals surface area contributed by atoms with Crippen molar-refractivity contribution in [2.45, 2.75) is 39.2 Å². The Kier molecular flexibility index (Phi) is 4.10. The molecule has 0 radical (unpaired) electrons. The molecule has 1 aliphatic rings. The van der Waals surface area contributed by atoms with Gasteiger partial charge in [0, 0.05) is 6.42 Å². The molecule has 104 valence electrons. The van der Waals surface area contributed by atoms with Gasteiger partial charge in [0.1, 0.15) is 0 Å². The Balaban J connectivity index is 2.51. The van der Waals surface area contributed by atoms with E-state index in [1.54, 1.807) is 4.90 Å². The Bertz CT molecular complexity index is 470. The van der Waals surface area contributed by atoms with Crippen LogP contribution in [0.5, 0.6) is 0 Å². The van der Waals surface area contributed by atoms with Crippen LogP contribution in [0.25, 0.3) is 0 Å². The van der Waals surface area contributed by atoms with E-state index in [9.17, 15) is 9.90 Å². The van der Waals surface area contributed by atoms with Gasteiger partial charge in [0.2, 0.25) is 0 Å². The van der Waals surface area contributed by atoms with Crippen LogP contribution in [0.4, 0.5) is 10.5 Å². The third-order valence-electron chi connectivity index (χ3n) is 3.58. The Morgan fingerprint density at radius 3 is 2.84 bits per heavy atom. The highest BCUT2D eigenvalue weighted by molar-refractivity contribution is 5.91. The quantitative estimate of drug-likeness (QED) is 0.912. The van der Waals surface area contributed by atoms with E-state index in [0.717, 1.165) is 16.8 Å². The number of hydrogen-bond donors (Lipinski definition) is 1. The summed E-state index contributed by atoms with van der Waals surface area (Å²) in [4.78, 5) is 13.7. The van der Waals surface area contributed by atoms with Crippen molar-refractivity contribution < 1.29 is 14.6 Å². The molecule has 1 amide bonds. The molecule has 19 heavy (non-hydrogen) atoms. The summed E-state index contributed by atoms with van der Waals surface area (Å²) in [6.45, 7) is 6.52. The molecule has 4 nitrogen and oxygen atoms in total. The van der Waals surface area contributed by atoms with Crippen molar-refractivity contribution in [3.05, 3.63) is 29.3 Å². The van der Waals surface area contributed by atoms with Crippen LogP contribution < -0.4 is 4.90 Å². The molecule has 1 N–H and O–H groups in total. The fraction of sp³-hybridized carbons (Fsp3) is 0.533. The van der Waals surface area contributed by atoms with Crippen molar-refractivity contribution in [2.24, 2.45) is 0 Å². The first-order valence-electron chi connectivity index (χ1n) is 6.72. The average molecular weight is 263 g/mol. The van der Waals surface area contributed by atoms with Gasteiger partial charge in [-0.25, -0.2) is 4.79 Å². The number of ether oxygens (including phenoxy) is 1. The van der Waals surface area contributed by atoms with Gasteiger partial charge in [0.05, 0.1) is 24.9 Å². The van der Waals surface area contributed by atoms with Gasteiger partial charge in [-0.1, -0.05) is 32.0 Å². The second kappa shape index (κ2) is 5.61. The second-order valence-electron chi connectivity index (χ2n) is 5.28. The number of carbonyl (C=O) groups is 1. The number of cyclic esters (lactones) is 1. The molecular formula is C15H21NO3. The third-order valence-corrected chi connectivity index (χ3v) is 3.58. The van der Waals surface area contributed by atoms with Gasteiger partial charge in [-0.2, -0.15) is 0 Å². The minimum Gasteiger partial charge on any atom is -0.449 e. The molecule has 0 saturated carbocycles. The molecule has 1 atom stereocenters. The first-order chi connectivity index (χ1) is 9.06. The lowest BCUT2D eigenvalue weighted by molar-refractivity contribution is 0.115. The standard InChI is InChI=1S/C15H21NO3/c1-10(2)13-6-4-5-11(3)14(13)16-12(9-17)7-8-19-15(16)18/h4-6,10,12,17H,7-9H2,1-3H3. The smallest absolute Gasteiger partial charge is 0.414 e. The Labute approximate surface area is 114 Å². The molecule has 4 heteroatoms. The molecule has 1 aromatic rings. The molecule has 1 fully saturated rings. The minimum absolute atomic E-state index is 0.0407. The molecular weight excluding hydrogens is 242 g/mol. The van der Waals surface area contributed by atoms with Gasteiger partial charge >= 0.3 is 6.09 Å². The van der Waals surface area contributed by atoms with Crippen molar-refractivity contribution in [3.63, 3.8) is 0 Å². The average Bonchev–Trinajstić information content (AvgIpc) is 2.38. The lowest BCUT2D eigenvalue weighted by Crippen LogP contribution is -2.48. The Morgan fingerprint density at radius 1 is 1.47 bits per heavy atom. The predicted octanol–water partition coefficient (Wildman–Crippen LogP) is 2.83. The zero-order valence-corrected chi connectivity index (χ0v) is 11.7. The number of anilines is 1. The van der Waals surface area contributed by atoms with Crippen LogP contribution in [0, 0.1) is 6.92 Å². The monoisotopic (exact) mass is 263 g/mol. The lowest BCUT2D eigenvalue weighted by atomic mass is 9.96. The van der Waals surface area contributed by atoms with Gasteiger partial charge in [0.25, 0.3) is 0 Å². The Hall–Kier alpha value is -1.55. The number of amides is 1. The molecule has 0 aromatic heterocycles. The van der Waals surface area contributed by atoms with Gasteiger partial charge in [-0.3, -0.25) is 4.90 Å². The first-order valence-corrected chi connectivity index (χ1v) is 6.72. The van der Waals surface area contributed by atoms with Crippen LogP contribution in [-0.4, -0.2) is 30.5 Å². The van der Waals surface area contributed by atoms with Gasteiger partial charge in [-0.05, 0) is 24.0 Å². The van der Waals surface area contributed by atoms with Crippen LogP contribution in [0.3, 0.4) is 0 Å². The number of hydrogen-bond acceptors (Lipinski definition) is 3. The molecule has 0 spiro atoms. The van der Waals surface area contributed by atoms with Crippen LogP contribution in [0.2, 0.25) is 0 Å². The fourth-order valence-corrected chi connectivity index (χ4v) is 2.55. The van der Waals surface area contributed by atoms with Crippen molar-refractivity contribution in [1.29, 1.82) is 0 Å². The highest BCUT2D eigenvalue weighted by Gasteiger charge is 2.33. The summed E-state index contributed by atoms with van der Waals surface area (Å²) in [5.74, 6) is 0.309. The Morgan fingerprint density at radius 2 is 2.21 bits per heavy atom. The lowest BCUT2D eigenvalue weighted by Gasteiger charge is -2.36. The van der Waals surface area contributed by atoms with Crippen LogP contribution in [0.1, 0.15) is 37.3 Å². The summed E-state index contributed by atoms with van der Waals surface area (Å²) >= 11 is 0. The SMILES string of the molecule is Cc1cccc(C(C)C)c1N1C(=O)OCCC1CO. The zero-order chi connectivity index (χ0) is 14.0. The molecule has 1 aromatic carbocycles. The number of aliphatic hydroxyl groups is 1. The van der Waals surface area contributed by atoms with Crippen LogP contribution in [-0.2, 0) is 4.74 Å². The van der Waals surface area contributed by atoms with E-state index in [0.29, 0.717) is 18.9 Å². The maximum absolute atomic E-state index is 12.1. The van der Waals surface area contributed by atoms with Crippen LogP contribution in [0.15, 0.2) is 18.2 Å². The molecule has 0 aliphatic carbocycles. The number of rotatable bonds is 3. The van der Waals surface area contributed by atoms with Gasteiger partial charge < -0.3 is 9.84 Å². The van der Waals surface area contributed by atoms with E-state index in [1.807, 2.05) is 25.1 Å². The topological polar surface area (TPSA) is 49.8 Å². The number of para-hydroxylation sites is 1. The second-order valence-corrected chi connectivity index (χ2v) is 5.28. The zero-order valence-electron chi connectivity index (χ0n) is 11.7. The molecule has 1 unspecified atom stereocenters. The first kappa shape index (κ1) is 13.9. The molecule has 2 rings (SSSR count). The van der Waals surface area contributed by atoms with E-state index in [-0.39, 0.29) is 18.7 Å². The van der Waals surface area contributed by atoms with E-state index < -0.39 is 0 Å². The summed E-state index contributed by atoms with van der Waals surface area (Å²) in [6.07, 6.45) is 0.301.